The summed E-state index contributed by atoms with van der Waals surface area (Å²) in [4.78, 5) is 34.0. The Balaban J connectivity index is 1.30. The second kappa shape index (κ2) is 15.7. The smallest absolute Gasteiger partial charge is 0.408 e. The molecule has 2 amide bonds. The first-order valence-electron chi connectivity index (χ1n) is 18.9. The van der Waals surface area contributed by atoms with E-state index in [2.05, 4.69) is 104 Å². The summed E-state index contributed by atoms with van der Waals surface area (Å²) in [6.07, 6.45) is 5.20. The Bertz CT molecular complexity index is 2350. The molecule has 0 aliphatic carbocycles. The monoisotopic (exact) mass is 735 g/mol. The van der Waals surface area contributed by atoms with Gasteiger partial charge in [-0.05, 0) is 75.4 Å². The topological polar surface area (TPSA) is 130 Å². The first-order chi connectivity index (χ1) is 26.4. The van der Waals surface area contributed by atoms with Crippen molar-refractivity contribution in [2.24, 2.45) is 0 Å². The fourth-order valence-corrected chi connectivity index (χ4v) is 7.21. The lowest BCUT2D eigenvalue weighted by molar-refractivity contribution is -0.127. The summed E-state index contributed by atoms with van der Waals surface area (Å²) >= 11 is 0. The van der Waals surface area contributed by atoms with E-state index in [-0.39, 0.29) is 11.8 Å². The van der Waals surface area contributed by atoms with Gasteiger partial charge >= 0.3 is 6.09 Å². The molecule has 0 unspecified atom stereocenters. The molecule has 10 heteroatoms. The third-order valence-corrected chi connectivity index (χ3v) is 10.0. The van der Waals surface area contributed by atoms with Gasteiger partial charge in [0.05, 0.1) is 6.04 Å². The highest BCUT2D eigenvalue weighted by atomic mass is 16.6. The molecule has 10 nitrogen and oxygen atoms in total. The molecular formula is C45H49N7O3. The van der Waals surface area contributed by atoms with Crippen LogP contribution in [-0.2, 0) is 35.3 Å². The number of nitrogens with zero attached hydrogens (tertiary/aromatic N) is 3. The SMILES string of the molecule is CC(C)(C)OC(=O)NC(C)(C)C(=O)N[C@H](Cc1c[nH]c2ccccc12)c1nnc(CCc2c[nH]c3ccccc23)n1CC(c1ccccc1)c1ccccc1. The van der Waals surface area contributed by atoms with Crippen molar-refractivity contribution in [1.82, 2.24) is 35.4 Å². The maximum atomic E-state index is 14.3. The quantitative estimate of drug-likeness (QED) is 0.0943. The van der Waals surface area contributed by atoms with Crippen LogP contribution in [0.4, 0.5) is 4.79 Å². The van der Waals surface area contributed by atoms with Gasteiger partial charge in [-0.1, -0.05) is 97.1 Å². The molecule has 55 heavy (non-hydrogen) atoms. The van der Waals surface area contributed by atoms with Gasteiger partial charge in [0.15, 0.2) is 5.82 Å². The van der Waals surface area contributed by atoms with Crippen LogP contribution in [0.3, 0.4) is 0 Å². The zero-order chi connectivity index (χ0) is 38.6. The number of aromatic nitrogens is 5. The van der Waals surface area contributed by atoms with E-state index in [4.69, 9.17) is 14.9 Å². The Labute approximate surface area is 321 Å². The molecule has 0 radical (unpaired) electrons. The molecule has 0 spiro atoms. The van der Waals surface area contributed by atoms with Crippen LogP contribution >= 0.6 is 0 Å². The van der Waals surface area contributed by atoms with Crippen LogP contribution in [0.1, 0.15) is 80.5 Å². The molecule has 0 bridgehead atoms. The number of para-hydroxylation sites is 2. The highest BCUT2D eigenvalue weighted by molar-refractivity contribution is 5.89. The number of H-pyrrole nitrogens is 2. The molecule has 282 valence electrons. The fraction of sp³-hybridized carbons (Fsp3) is 0.289. The summed E-state index contributed by atoms with van der Waals surface area (Å²) in [5.74, 6) is 1.05. The van der Waals surface area contributed by atoms with Crippen molar-refractivity contribution in [3.05, 3.63) is 155 Å². The largest absolute Gasteiger partial charge is 0.444 e. The molecule has 7 aromatic rings. The number of ether oxygens (including phenoxy) is 1. The highest BCUT2D eigenvalue weighted by Crippen LogP contribution is 2.31. The van der Waals surface area contributed by atoms with Crippen LogP contribution in [-0.4, -0.2) is 47.9 Å². The van der Waals surface area contributed by atoms with Crippen molar-refractivity contribution >= 4 is 33.8 Å². The van der Waals surface area contributed by atoms with Crippen molar-refractivity contribution in [3.63, 3.8) is 0 Å². The molecule has 0 saturated carbocycles. The Morgan fingerprint density at radius 1 is 0.709 bits per heavy atom. The maximum absolute atomic E-state index is 14.3. The molecule has 4 aromatic carbocycles. The van der Waals surface area contributed by atoms with Gasteiger partial charge in [0.1, 0.15) is 17.0 Å². The Kier molecular flexibility index (Phi) is 10.6. The molecule has 3 heterocycles. The van der Waals surface area contributed by atoms with Crippen molar-refractivity contribution in [2.75, 3.05) is 0 Å². The van der Waals surface area contributed by atoms with Gasteiger partial charge in [0.25, 0.3) is 0 Å². The van der Waals surface area contributed by atoms with Crippen LogP contribution in [0.25, 0.3) is 21.8 Å². The number of aryl methyl sites for hydroxylation is 2. The standard InChI is InChI=1S/C45H49N7O3/c1-44(2,3)55-43(54)49-45(4,5)42(53)48-39(26-33-28-47-38-23-15-13-21-35(33)38)41-51-50-40(25-24-32-27-46-37-22-14-12-20-34(32)37)52(41)29-36(30-16-8-6-9-17-30)31-18-10-7-11-19-31/h6-23,27-28,36,39,46-47H,24-26,29H2,1-5H3,(H,48,53)(H,49,54)/t39-/m1/s1. The van der Waals surface area contributed by atoms with E-state index in [9.17, 15) is 9.59 Å². The highest BCUT2D eigenvalue weighted by Gasteiger charge is 2.35. The van der Waals surface area contributed by atoms with Crippen LogP contribution in [0, 0.1) is 0 Å². The number of hydrogen-bond acceptors (Lipinski definition) is 5. The summed E-state index contributed by atoms with van der Waals surface area (Å²) in [7, 11) is 0. The molecule has 0 fully saturated rings. The van der Waals surface area contributed by atoms with E-state index >= 15 is 0 Å². The summed E-state index contributed by atoms with van der Waals surface area (Å²) in [6.45, 7) is 9.26. The third kappa shape index (κ3) is 8.64. The van der Waals surface area contributed by atoms with Gasteiger partial charge in [0.2, 0.25) is 5.91 Å². The Hall–Kier alpha value is -6.16. The molecule has 0 aliphatic rings. The van der Waals surface area contributed by atoms with E-state index in [0.717, 1.165) is 45.4 Å². The number of carbonyl (C=O) groups excluding carboxylic acids is 2. The van der Waals surface area contributed by atoms with Crippen molar-refractivity contribution in [2.45, 2.75) is 83.5 Å². The van der Waals surface area contributed by atoms with E-state index in [1.807, 2.05) is 42.6 Å². The number of aromatic amines is 2. The fourth-order valence-electron chi connectivity index (χ4n) is 7.21. The first-order valence-corrected chi connectivity index (χ1v) is 18.9. The lowest BCUT2D eigenvalue weighted by Crippen LogP contribution is -2.56. The summed E-state index contributed by atoms with van der Waals surface area (Å²) in [5, 5.41) is 18.1. The van der Waals surface area contributed by atoms with Gasteiger partial charge < -0.3 is 29.9 Å². The summed E-state index contributed by atoms with van der Waals surface area (Å²) in [6, 6.07) is 36.8. The number of carbonyl (C=O) groups is 2. The zero-order valence-corrected chi connectivity index (χ0v) is 32.1. The first kappa shape index (κ1) is 37.2. The number of fused-ring (bicyclic) bond motifs is 2. The minimum absolute atomic E-state index is 0.0290. The molecule has 0 aliphatic heterocycles. The van der Waals surface area contributed by atoms with Gasteiger partial charge in [0, 0.05) is 59.5 Å². The predicted octanol–water partition coefficient (Wildman–Crippen LogP) is 8.56. The second-order valence-corrected chi connectivity index (χ2v) is 15.7. The Morgan fingerprint density at radius 3 is 1.85 bits per heavy atom. The summed E-state index contributed by atoms with van der Waals surface area (Å²) in [5.41, 5.74) is 4.62. The minimum Gasteiger partial charge on any atom is -0.444 e. The predicted molar refractivity (Wildman–Crippen MR) is 217 cm³/mol. The van der Waals surface area contributed by atoms with E-state index in [0.29, 0.717) is 25.2 Å². The average molecular weight is 736 g/mol. The molecule has 4 N–H and O–H groups in total. The lowest BCUT2D eigenvalue weighted by Gasteiger charge is -2.30. The maximum Gasteiger partial charge on any atom is 0.408 e. The number of amides is 2. The molecular weight excluding hydrogens is 687 g/mol. The molecule has 3 aromatic heterocycles. The van der Waals surface area contributed by atoms with E-state index < -0.39 is 23.3 Å². The van der Waals surface area contributed by atoms with Crippen molar-refractivity contribution in [1.29, 1.82) is 0 Å². The number of benzene rings is 4. The Morgan fingerprint density at radius 2 is 1.25 bits per heavy atom. The minimum atomic E-state index is -1.31. The third-order valence-electron chi connectivity index (χ3n) is 10.0. The number of nitrogens with one attached hydrogen (secondary N) is 4. The van der Waals surface area contributed by atoms with E-state index in [1.54, 1.807) is 34.6 Å². The number of rotatable bonds is 13. The average Bonchev–Trinajstić information content (AvgIpc) is 3.89. The normalized spacial score (nSPS) is 12.6. The molecule has 1 atom stereocenters. The molecule has 0 saturated heterocycles. The lowest BCUT2D eigenvalue weighted by atomic mass is 9.91. The van der Waals surface area contributed by atoms with Crippen molar-refractivity contribution < 1.29 is 14.3 Å². The van der Waals surface area contributed by atoms with E-state index in [1.165, 1.54) is 10.9 Å². The second-order valence-electron chi connectivity index (χ2n) is 15.7. The number of alkyl carbamates (subject to hydrolysis) is 1. The van der Waals surface area contributed by atoms with Gasteiger partial charge in [-0.25, -0.2) is 4.79 Å². The van der Waals surface area contributed by atoms with Crippen LogP contribution in [0.15, 0.2) is 122 Å². The van der Waals surface area contributed by atoms with Crippen LogP contribution in [0.2, 0.25) is 0 Å². The summed E-state index contributed by atoms with van der Waals surface area (Å²) < 4.78 is 7.72. The van der Waals surface area contributed by atoms with Crippen LogP contribution < -0.4 is 10.6 Å². The number of hydrogen-bond donors (Lipinski definition) is 4. The van der Waals surface area contributed by atoms with Gasteiger partial charge in [-0.2, -0.15) is 0 Å². The van der Waals surface area contributed by atoms with Crippen LogP contribution in [0.5, 0.6) is 0 Å². The van der Waals surface area contributed by atoms with Gasteiger partial charge in [-0.3, -0.25) is 4.79 Å². The zero-order valence-electron chi connectivity index (χ0n) is 32.1. The van der Waals surface area contributed by atoms with Crippen molar-refractivity contribution in [3.8, 4) is 0 Å². The molecule has 7 rings (SSSR count). The van der Waals surface area contributed by atoms with Gasteiger partial charge in [-0.15, -0.1) is 10.2 Å².